The second-order valence-electron chi connectivity index (χ2n) is 4.12. The lowest BCUT2D eigenvalue weighted by Crippen LogP contribution is -2.43. The van der Waals surface area contributed by atoms with Crippen LogP contribution in [0.5, 0.6) is 0 Å². The van der Waals surface area contributed by atoms with E-state index in [0.717, 1.165) is 25.8 Å². The minimum absolute atomic E-state index is 0. The molecular weight excluding hydrogens is 278 g/mol. The molecule has 1 aromatic rings. The van der Waals surface area contributed by atoms with E-state index in [4.69, 9.17) is 11.6 Å². The van der Waals surface area contributed by atoms with Crippen LogP contribution < -0.4 is 10.6 Å². The van der Waals surface area contributed by atoms with Gasteiger partial charge < -0.3 is 10.6 Å². The van der Waals surface area contributed by atoms with E-state index in [0.29, 0.717) is 5.69 Å². The minimum Gasteiger partial charge on any atom is -0.325 e. The maximum Gasteiger partial charge on any atom is 0.241 e. The van der Waals surface area contributed by atoms with Gasteiger partial charge in [-0.1, -0.05) is 18.0 Å². The average Bonchev–Trinajstić information content (AvgIpc) is 2.35. The third-order valence-electron chi connectivity index (χ3n) is 2.81. The van der Waals surface area contributed by atoms with Gasteiger partial charge in [0, 0.05) is 5.69 Å². The van der Waals surface area contributed by atoms with Gasteiger partial charge in [0.2, 0.25) is 5.91 Å². The molecule has 0 bridgehead atoms. The molecule has 18 heavy (non-hydrogen) atoms. The molecule has 2 N–H and O–H groups in total. The Morgan fingerprint density at radius 1 is 1.44 bits per heavy atom. The Morgan fingerprint density at radius 2 is 2.22 bits per heavy atom. The lowest BCUT2D eigenvalue weighted by Gasteiger charge is -2.22. The molecule has 1 saturated heterocycles. The first-order valence-electron chi connectivity index (χ1n) is 5.66. The van der Waals surface area contributed by atoms with Crippen LogP contribution in [0.2, 0.25) is 5.02 Å². The summed E-state index contributed by atoms with van der Waals surface area (Å²) in [4.78, 5) is 11.9. The topological polar surface area (TPSA) is 41.1 Å². The molecule has 1 aromatic carbocycles. The smallest absolute Gasteiger partial charge is 0.241 e. The lowest BCUT2D eigenvalue weighted by molar-refractivity contribution is -0.118. The molecule has 1 fully saturated rings. The number of hydrogen-bond donors (Lipinski definition) is 2. The molecule has 1 atom stereocenters. The SMILES string of the molecule is Cl.O=C(Nc1ccc(F)c(Cl)c1)[C@H]1CCCCN1. The number of rotatable bonds is 2. The molecule has 3 nitrogen and oxygen atoms in total. The Balaban J connectivity index is 0.00000162. The summed E-state index contributed by atoms with van der Waals surface area (Å²) in [5.74, 6) is -0.576. The molecule has 0 radical (unpaired) electrons. The number of nitrogens with one attached hydrogen (secondary N) is 2. The van der Waals surface area contributed by atoms with Crippen LogP contribution in [0.25, 0.3) is 0 Å². The largest absolute Gasteiger partial charge is 0.325 e. The van der Waals surface area contributed by atoms with E-state index in [9.17, 15) is 9.18 Å². The normalized spacial score (nSPS) is 18.9. The van der Waals surface area contributed by atoms with E-state index >= 15 is 0 Å². The number of halogens is 3. The standard InChI is InChI=1S/C12H14ClFN2O.ClH/c13-9-7-8(4-5-10(9)14)16-12(17)11-3-1-2-6-15-11;/h4-5,7,11,15H,1-3,6H2,(H,16,17);1H/t11-;/m1./s1. The molecule has 0 saturated carbocycles. The van der Waals surface area contributed by atoms with Crippen molar-refractivity contribution in [1.29, 1.82) is 0 Å². The number of benzene rings is 1. The van der Waals surface area contributed by atoms with Gasteiger partial charge in [0.15, 0.2) is 0 Å². The van der Waals surface area contributed by atoms with Gasteiger partial charge in [-0.25, -0.2) is 4.39 Å². The monoisotopic (exact) mass is 292 g/mol. The van der Waals surface area contributed by atoms with E-state index in [2.05, 4.69) is 10.6 Å². The van der Waals surface area contributed by atoms with Crippen LogP contribution in [0.15, 0.2) is 18.2 Å². The van der Waals surface area contributed by atoms with E-state index in [1.54, 1.807) is 0 Å². The summed E-state index contributed by atoms with van der Waals surface area (Å²) >= 11 is 5.64. The van der Waals surface area contributed by atoms with E-state index in [1.165, 1.54) is 18.2 Å². The fraction of sp³-hybridized carbons (Fsp3) is 0.417. The molecule has 1 amide bonds. The van der Waals surface area contributed by atoms with Crippen molar-refractivity contribution in [3.8, 4) is 0 Å². The summed E-state index contributed by atoms with van der Waals surface area (Å²) in [6, 6.07) is 4.00. The zero-order chi connectivity index (χ0) is 12.3. The van der Waals surface area contributed by atoms with Crippen LogP contribution in [0.3, 0.4) is 0 Å². The van der Waals surface area contributed by atoms with Crippen LogP contribution >= 0.6 is 24.0 Å². The van der Waals surface area contributed by atoms with Crippen LogP contribution in [0, 0.1) is 5.82 Å². The minimum atomic E-state index is -0.486. The fourth-order valence-corrected chi connectivity index (χ4v) is 2.06. The van der Waals surface area contributed by atoms with Gasteiger partial charge in [-0.2, -0.15) is 0 Å². The van der Waals surface area contributed by atoms with Gasteiger partial charge >= 0.3 is 0 Å². The maximum atomic E-state index is 12.9. The van der Waals surface area contributed by atoms with Gasteiger partial charge in [-0.15, -0.1) is 12.4 Å². The van der Waals surface area contributed by atoms with Crippen LogP contribution in [-0.4, -0.2) is 18.5 Å². The Morgan fingerprint density at radius 3 is 2.83 bits per heavy atom. The number of anilines is 1. The Labute approximate surface area is 116 Å². The zero-order valence-corrected chi connectivity index (χ0v) is 11.3. The van der Waals surface area contributed by atoms with E-state index in [-0.39, 0.29) is 29.4 Å². The zero-order valence-electron chi connectivity index (χ0n) is 9.71. The molecule has 0 unspecified atom stereocenters. The molecule has 1 aliphatic heterocycles. The molecule has 0 spiro atoms. The number of carbonyl (C=O) groups excluding carboxylic acids is 1. The molecule has 1 heterocycles. The van der Waals surface area contributed by atoms with Crippen molar-refractivity contribution in [2.45, 2.75) is 25.3 Å². The van der Waals surface area contributed by atoms with Crippen molar-refractivity contribution in [2.75, 3.05) is 11.9 Å². The van der Waals surface area contributed by atoms with Crippen molar-refractivity contribution < 1.29 is 9.18 Å². The second-order valence-corrected chi connectivity index (χ2v) is 4.53. The molecule has 2 rings (SSSR count). The Bertz CT molecular complexity index is 423. The quantitative estimate of drug-likeness (QED) is 0.880. The highest BCUT2D eigenvalue weighted by molar-refractivity contribution is 6.31. The van der Waals surface area contributed by atoms with Gasteiger partial charge in [-0.05, 0) is 37.6 Å². The van der Waals surface area contributed by atoms with Crippen LogP contribution in [-0.2, 0) is 4.79 Å². The van der Waals surface area contributed by atoms with Crippen LogP contribution in [0.4, 0.5) is 10.1 Å². The van der Waals surface area contributed by atoms with Gasteiger partial charge in [0.25, 0.3) is 0 Å². The number of hydrogen-bond acceptors (Lipinski definition) is 2. The Hall–Kier alpha value is -0.840. The summed E-state index contributed by atoms with van der Waals surface area (Å²) < 4.78 is 12.9. The predicted molar refractivity (Wildman–Crippen MR) is 72.9 cm³/mol. The number of carbonyl (C=O) groups is 1. The van der Waals surface area contributed by atoms with Gasteiger partial charge in [0.05, 0.1) is 11.1 Å². The highest BCUT2D eigenvalue weighted by Gasteiger charge is 2.20. The van der Waals surface area contributed by atoms with Crippen molar-refractivity contribution in [3.63, 3.8) is 0 Å². The molecule has 6 heteroatoms. The lowest BCUT2D eigenvalue weighted by atomic mass is 10.0. The predicted octanol–water partition coefficient (Wildman–Crippen LogP) is 2.98. The molecule has 100 valence electrons. The third-order valence-corrected chi connectivity index (χ3v) is 3.10. The fourth-order valence-electron chi connectivity index (χ4n) is 1.88. The van der Waals surface area contributed by atoms with Gasteiger partial charge in [-0.3, -0.25) is 4.79 Å². The summed E-state index contributed by atoms with van der Waals surface area (Å²) in [5, 5.41) is 5.89. The highest BCUT2D eigenvalue weighted by atomic mass is 35.5. The summed E-state index contributed by atoms with van der Waals surface area (Å²) in [6.07, 6.45) is 2.99. The molecule has 0 aliphatic carbocycles. The average molecular weight is 293 g/mol. The van der Waals surface area contributed by atoms with E-state index < -0.39 is 5.82 Å². The summed E-state index contributed by atoms with van der Waals surface area (Å²) in [5.41, 5.74) is 0.522. The molecule has 0 aromatic heterocycles. The Kier molecular flexibility index (Phi) is 5.85. The molecule has 1 aliphatic rings. The number of amides is 1. The highest BCUT2D eigenvalue weighted by Crippen LogP contribution is 2.20. The van der Waals surface area contributed by atoms with Crippen molar-refractivity contribution in [3.05, 3.63) is 29.0 Å². The van der Waals surface area contributed by atoms with E-state index in [1.807, 2.05) is 0 Å². The second kappa shape index (κ2) is 6.92. The van der Waals surface area contributed by atoms with Gasteiger partial charge in [0.1, 0.15) is 5.82 Å². The summed E-state index contributed by atoms with van der Waals surface area (Å²) in [6.45, 7) is 0.863. The van der Waals surface area contributed by atoms with Crippen molar-refractivity contribution >= 4 is 35.6 Å². The molecular formula is C12H15Cl2FN2O. The van der Waals surface area contributed by atoms with Crippen molar-refractivity contribution in [1.82, 2.24) is 5.32 Å². The summed E-state index contributed by atoms with van der Waals surface area (Å²) in [7, 11) is 0. The maximum absolute atomic E-state index is 12.9. The first kappa shape index (κ1) is 15.2. The first-order chi connectivity index (χ1) is 8.16. The number of piperidine rings is 1. The first-order valence-corrected chi connectivity index (χ1v) is 6.04. The van der Waals surface area contributed by atoms with Crippen LogP contribution in [0.1, 0.15) is 19.3 Å². The third kappa shape index (κ3) is 3.83. The van der Waals surface area contributed by atoms with Crippen molar-refractivity contribution in [2.24, 2.45) is 0 Å².